The second-order valence-corrected chi connectivity index (χ2v) is 5.87. The monoisotopic (exact) mass is 327 g/mol. The molecule has 1 aliphatic rings. The van der Waals surface area contributed by atoms with Crippen LogP contribution in [0.1, 0.15) is 30.7 Å². The molecule has 4 nitrogen and oxygen atoms in total. The summed E-state index contributed by atoms with van der Waals surface area (Å²) >= 11 is 3.38. The predicted octanol–water partition coefficient (Wildman–Crippen LogP) is 2.75. The van der Waals surface area contributed by atoms with Crippen LogP contribution in [0.3, 0.4) is 0 Å². The molecule has 0 radical (unpaired) electrons. The van der Waals surface area contributed by atoms with Gasteiger partial charge in [-0.05, 0) is 42.5 Å². The Hall–Kier alpha value is -1.07. The van der Waals surface area contributed by atoms with Crippen molar-refractivity contribution in [2.75, 3.05) is 13.2 Å². The van der Waals surface area contributed by atoms with Crippen molar-refractivity contribution in [3.05, 3.63) is 28.2 Å². The number of rotatable bonds is 6. The molecule has 5 heteroatoms. The molecule has 2 rings (SSSR count). The first-order valence-electron chi connectivity index (χ1n) is 6.46. The Morgan fingerprint density at radius 3 is 2.74 bits per heavy atom. The van der Waals surface area contributed by atoms with Crippen LogP contribution in [0, 0.1) is 5.92 Å². The number of benzene rings is 1. The third-order valence-corrected chi connectivity index (χ3v) is 4.00. The first-order chi connectivity index (χ1) is 9.10. The molecule has 0 heterocycles. The number of hydrogen-bond acceptors (Lipinski definition) is 3. The number of halogens is 1. The number of aliphatic carboxylic acids is 1. The summed E-state index contributed by atoms with van der Waals surface area (Å²) in [6.45, 7) is 0.782. The molecule has 0 spiro atoms. The molecule has 0 saturated heterocycles. The van der Waals surface area contributed by atoms with Crippen molar-refractivity contribution < 1.29 is 14.6 Å². The number of carboxylic acids is 1. The van der Waals surface area contributed by atoms with E-state index in [-0.39, 0.29) is 6.54 Å². The van der Waals surface area contributed by atoms with Gasteiger partial charge in [0.05, 0.1) is 12.5 Å². The van der Waals surface area contributed by atoms with Gasteiger partial charge in [-0.2, -0.15) is 0 Å². The normalized spacial score (nSPS) is 16.7. The summed E-state index contributed by atoms with van der Waals surface area (Å²) in [7, 11) is 0. The number of ether oxygens (including phenoxy) is 1. The van der Waals surface area contributed by atoms with E-state index >= 15 is 0 Å². The molecule has 0 bridgehead atoms. The van der Waals surface area contributed by atoms with Gasteiger partial charge in [0.1, 0.15) is 5.75 Å². The molecule has 1 atom stereocenters. The molecular formula is C14H18BrNO3. The van der Waals surface area contributed by atoms with Gasteiger partial charge >= 0.3 is 5.97 Å². The average molecular weight is 328 g/mol. The van der Waals surface area contributed by atoms with Crippen LogP contribution in [0.15, 0.2) is 22.7 Å². The zero-order valence-electron chi connectivity index (χ0n) is 10.6. The highest BCUT2D eigenvalue weighted by atomic mass is 79.9. The van der Waals surface area contributed by atoms with Crippen LogP contribution in [0.25, 0.3) is 0 Å². The summed E-state index contributed by atoms with van der Waals surface area (Å²) < 4.78 is 6.56. The SMILES string of the molecule is NCC(C(=O)O)c1cc(Br)cc(OCC2CCC2)c1. The quantitative estimate of drug-likeness (QED) is 0.842. The third kappa shape index (κ3) is 3.70. The molecule has 1 fully saturated rings. The molecule has 1 saturated carbocycles. The molecule has 1 aromatic rings. The molecule has 0 amide bonds. The van der Waals surface area contributed by atoms with Gasteiger partial charge in [-0.15, -0.1) is 0 Å². The largest absolute Gasteiger partial charge is 0.493 e. The lowest BCUT2D eigenvalue weighted by molar-refractivity contribution is -0.138. The molecule has 0 aliphatic heterocycles. The Morgan fingerprint density at radius 2 is 2.21 bits per heavy atom. The van der Waals surface area contributed by atoms with E-state index in [1.807, 2.05) is 6.07 Å². The highest BCUT2D eigenvalue weighted by molar-refractivity contribution is 9.10. The highest BCUT2D eigenvalue weighted by Gasteiger charge is 2.21. The Bertz CT molecular complexity index is 460. The minimum Gasteiger partial charge on any atom is -0.493 e. The minimum absolute atomic E-state index is 0.0772. The van der Waals surface area contributed by atoms with Crippen LogP contribution in [0.4, 0.5) is 0 Å². The Labute approximate surface area is 121 Å². The maximum absolute atomic E-state index is 11.1. The molecular weight excluding hydrogens is 310 g/mol. The fourth-order valence-corrected chi connectivity index (χ4v) is 2.61. The molecule has 1 aromatic carbocycles. The molecule has 104 valence electrons. The van der Waals surface area contributed by atoms with E-state index in [4.69, 9.17) is 15.6 Å². The molecule has 1 aliphatic carbocycles. The number of carbonyl (C=O) groups is 1. The number of nitrogens with two attached hydrogens (primary N) is 1. The van der Waals surface area contributed by atoms with Crippen molar-refractivity contribution in [1.29, 1.82) is 0 Å². The summed E-state index contributed by atoms with van der Waals surface area (Å²) in [6.07, 6.45) is 3.73. The van der Waals surface area contributed by atoms with E-state index in [9.17, 15) is 4.79 Å². The van der Waals surface area contributed by atoms with E-state index in [1.165, 1.54) is 19.3 Å². The van der Waals surface area contributed by atoms with Crippen LogP contribution >= 0.6 is 15.9 Å². The summed E-state index contributed by atoms with van der Waals surface area (Å²) in [4.78, 5) is 11.1. The van der Waals surface area contributed by atoms with Crippen molar-refractivity contribution in [1.82, 2.24) is 0 Å². The standard InChI is InChI=1S/C14H18BrNO3/c15-11-4-10(13(7-16)14(17)18)5-12(6-11)19-8-9-2-1-3-9/h4-6,9,13H,1-3,7-8,16H2,(H,17,18). The van der Waals surface area contributed by atoms with Crippen LogP contribution in [0.2, 0.25) is 0 Å². The molecule has 3 N–H and O–H groups in total. The summed E-state index contributed by atoms with van der Waals surface area (Å²) in [5.41, 5.74) is 6.20. The van der Waals surface area contributed by atoms with Crippen molar-refractivity contribution in [3.63, 3.8) is 0 Å². The van der Waals surface area contributed by atoms with E-state index in [0.29, 0.717) is 23.8 Å². The zero-order valence-corrected chi connectivity index (χ0v) is 12.2. The fourth-order valence-electron chi connectivity index (χ4n) is 2.12. The summed E-state index contributed by atoms with van der Waals surface area (Å²) in [5, 5.41) is 9.14. The van der Waals surface area contributed by atoms with E-state index in [0.717, 1.165) is 4.47 Å². The maximum atomic E-state index is 11.1. The fraction of sp³-hybridized carbons (Fsp3) is 0.500. The maximum Gasteiger partial charge on any atom is 0.312 e. The Morgan fingerprint density at radius 1 is 1.47 bits per heavy atom. The van der Waals surface area contributed by atoms with E-state index < -0.39 is 11.9 Å². The second kappa shape index (κ2) is 6.39. The van der Waals surface area contributed by atoms with Gasteiger partial charge in [-0.3, -0.25) is 4.79 Å². The third-order valence-electron chi connectivity index (χ3n) is 3.54. The van der Waals surface area contributed by atoms with Crippen molar-refractivity contribution in [2.24, 2.45) is 11.7 Å². The predicted molar refractivity (Wildman–Crippen MR) is 76.4 cm³/mol. The number of hydrogen-bond donors (Lipinski definition) is 2. The van der Waals surface area contributed by atoms with Gasteiger partial charge in [0.15, 0.2) is 0 Å². The topological polar surface area (TPSA) is 72.6 Å². The lowest BCUT2D eigenvalue weighted by Crippen LogP contribution is -2.21. The van der Waals surface area contributed by atoms with Gasteiger partial charge in [0.2, 0.25) is 0 Å². The lowest BCUT2D eigenvalue weighted by atomic mass is 9.86. The lowest BCUT2D eigenvalue weighted by Gasteiger charge is -2.25. The van der Waals surface area contributed by atoms with Crippen LogP contribution < -0.4 is 10.5 Å². The van der Waals surface area contributed by atoms with Crippen molar-refractivity contribution >= 4 is 21.9 Å². The second-order valence-electron chi connectivity index (χ2n) is 4.95. The van der Waals surface area contributed by atoms with Crippen LogP contribution in [-0.2, 0) is 4.79 Å². The van der Waals surface area contributed by atoms with Crippen LogP contribution in [0.5, 0.6) is 5.75 Å². The van der Waals surface area contributed by atoms with E-state index in [1.54, 1.807) is 12.1 Å². The smallest absolute Gasteiger partial charge is 0.312 e. The van der Waals surface area contributed by atoms with Gasteiger partial charge < -0.3 is 15.6 Å². The average Bonchev–Trinajstić information content (AvgIpc) is 2.26. The summed E-state index contributed by atoms with van der Waals surface area (Å²) in [6, 6.07) is 5.41. The van der Waals surface area contributed by atoms with Gasteiger partial charge in [-0.1, -0.05) is 22.4 Å². The van der Waals surface area contributed by atoms with Crippen molar-refractivity contribution in [2.45, 2.75) is 25.2 Å². The van der Waals surface area contributed by atoms with Gasteiger partial charge in [0.25, 0.3) is 0 Å². The molecule has 1 unspecified atom stereocenters. The minimum atomic E-state index is -0.912. The molecule has 19 heavy (non-hydrogen) atoms. The van der Waals surface area contributed by atoms with Gasteiger partial charge in [0, 0.05) is 11.0 Å². The molecule has 0 aromatic heterocycles. The Kier molecular flexibility index (Phi) is 4.82. The zero-order chi connectivity index (χ0) is 13.8. The summed E-state index contributed by atoms with van der Waals surface area (Å²) in [5.74, 6) is -0.253. The van der Waals surface area contributed by atoms with Gasteiger partial charge in [-0.25, -0.2) is 0 Å². The Balaban J connectivity index is 2.10. The van der Waals surface area contributed by atoms with E-state index in [2.05, 4.69) is 15.9 Å². The first kappa shape index (κ1) is 14.3. The highest BCUT2D eigenvalue weighted by Crippen LogP contribution is 2.30. The number of carboxylic acid groups (broad SMARTS) is 1. The first-order valence-corrected chi connectivity index (χ1v) is 7.25. The van der Waals surface area contributed by atoms with Crippen molar-refractivity contribution in [3.8, 4) is 5.75 Å². The van der Waals surface area contributed by atoms with Crippen LogP contribution in [-0.4, -0.2) is 24.2 Å².